The highest BCUT2D eigenvalue weighted by Crippen LogP contribution is 2.21. The summed E-state index contributed by atoms with van der Waals surface area (Å²) in [4.78, 5) is 11.4. The van der Waals surface area contributed by atoms with E-state index < -0.39 is 12.6 Å². The van der Waals surface area contributed by atoms with Crippen molar-refractivity contribution in [3.63, 3.8) is 0 Å². The number of aryl methyl sites for hydroxylation is 2. The quantitative estimate of drug-likeness (QED) is 0.864. The third kappa shape index (κ3) is 4.41. The fraction of sp³-hybridized carbons (Fsp3) is 0.667. The minimum atomic E-state index is -4.20. The van der Waals surface area contributed by atoms with Crippen LogP contribution in [0.5, 0.6) is 0 Å². The summed E-state index contributed by atoms with van der Waals surface area (Å²) in [5, 5.41) is 0. The largest absolute Gasteiger partial charge is 0.389 e. The molecule has 0 saturated heterocycles. The van der Waals surface area contributed by atoms with E-state index in [1.54, 1.807) is 0 Å². The first-order valence-corrected chi connectivity index (χ1v) is 4.97. The summed E-state index contributed by atoms with van der Waals surface area (Å²) in [5.74, 6) is 0.538. The molecule has 1 aromatic rings. The van der Waals surface area contributed by atoms with Crippen LogP contribution in [-0.4, -0.2) is 21.1 Å². The molecule has 0 saturated carbocycles. The van der Waals surface area contributed by atoms with Crippen molar-refractivity contribution in [2.75, 3.05) is 5.73 Å². The van der Waals surface area contributed by atoms with Crippen LogP contribution in [-0.2, 0) is 12.8 Å². The summed E-state index contributed by atoms with van der Waals surface area (Å²) in [6.07, 6.45) is -4.00. The number of halogens is 3. The Bertz CT molecular complexity index is 351. The smallest absolute Gasteiger partial charge is 0.368 e. The second-order valence-electron chi connectivity index (χ2n) is 3.39. The molecular weight excluding hydrogens is 221 g/mol. The molecule has 1 rings (SSSR count). The summed E-state index contributed by atoms with van der Waals surface area (Å²) in [5.41, 5.74) is 5.39. The van der Waals surface area contributed by atoms with E-state index in [1.165, 1.54) is 0 Å². The molecule has 0 unspecified atom stereocenters. The molecule has 2 N–H and O–H groups in total. The molecular formula is C9H13F3N4. The van der Waals surface area contributed by atoms with Crippen molar-refractivity contribution in [1.82, 2.24) is 15.0 Å². The predicted octanol–water partition coefficient (Wildman–Crippen LogP) is 1.90. The van der Waals surface area contributed by atoms with Gasteiger partial charge in [-0.2, -0.15) is 23.1 Å². The standard InChI is InChI=1S/C9H13F3N4/c1-2-3-6-14-7(16-8(13)15-6)4-5-9(10,11)12/h2-5H2,1H3,(H2,13,14,15,16). The topological polar surface area (TPSA) is 64.7 Å². The predicted molar refractivity (Wildman–Crippen MR) is 52.6 cm³/mol. The van der Waals surface area contributed by atoms with Gasteiger partial charge in [0.1, 0.15) is 11.6 Å². The second-order valence-corrected chi connectivity index (χ2v) is 3.39. The molecule has 4 nitrogen and oxygen atoms in total. The lowest BCUT2D eigenvalue weighted by molar-refractivity contribution is -0.134. The number of nitrogen functional groups attached to an aromatic ring is 1. The molecule has 0 aliphatic carbocycles. The van der Waals surface area contributed by atoms with Crippen LogP contribution in [0.4, 0.5) is 19.1 Å². The van der Waals surface area contributed by atoms with Gasteiger partial charge in [0.2, 0.25) is 5.95 Å². The lowest BCUT2D eigenvalue weighted by Gasteiger charge is -2.06. The SMILES string of the molecule is CCCc1nc(N)nc(CCC(F)(F)F)n1. The monoisotopic (exact) mass is 234 g/mol. The van der Waals surface area contributed by atoms with Gasteiger partial charge >= 0.3 is 6.18 Å². The van der Waals surface area contributed by atoms with Gasteiger partial charge in [-0.05, 0) is 6.42 Å². The zero-order valence-electron chi connectivity index (χ0n) is 8.88. The maximum atomic E-state index is 12.0. The van der Waals surface area contributed by atoms with Crippen LogP contribution in [0.2, 0.25) is 0 Å². The van der Waals surface area contributed by atoms with Gasteiger partial charge in [0.15, 0.2) is 0 Å². The van der Waals surface area contributed by atoms with E-state index in [2.05, 4.69) is 15.0 Å². The fourth-order valence-corrected chi connectivity index (χ4v) is 1.19. The van der Waals surface area contributed by atoms with E-state index in [-0.39, 0.29) is 18.2 Å². The summed E-state index contributed by atoms with van der Waals surface area (Å²) < 4.78 is 36.0. The van der Waals surface area contributed by atoms with E-state index in [1.807, 2.05) is 6.92 Å². The minimum absolute atomic E-state index is 0.0179. The molecule has 0 aromatic carbocycles. The molecule has 0 fully saturated rings. The van der Waals surface area contributed by atoms with Gasteiger partial charge in [0.05, 0.1) is 6.42 Å². The van der Waals surface area contributed by atoms with Crippen LogP contribution in [0.15, 0.2) is 0 Å². The van der Waals surface area contributed by atoms with E-state index >= 15 is 0 Å². The molecule has 0 radical (unpaired) electrons. The van der Waals surface area contributed by atoms with Crippen LogP contribution in [0.25, 0.3) is 0 Å². The number of alkyl halides is 3. The number of rotatable bonds is 4. The van der Waals surface area contributed by atoms with E-state index in [9.17, 15) is 13.2 Å². The van der Waals surface area contributed by atoms with Crippen LogP contribution in [0.1, 0.15) is 31.4 Å². The molecule has 90 valence electrons. The Hall–Kier alpha value is -1.40. The number of nitrogens with zero attached hydrogens (tertiary/aromatic N) is 3. The van der Waals surface area contributed by atoms with Crippen molar-refractivity contribution in [3.8, 4) is 0 Å². The lowest BCUT2D eigenvalue weighted by Crippen LogP contribution is -2.12. The van der Waals surface area contributed by atoms with Crippen molar-refractivity contribution < 1.29 is 13.2 Å². The molecule has 0 aliphatic heterocycles. The Kier molecular flexibility index (Phi) is 4.03. The Morgan fingerprint density at radius 1 is 1.06 bits per heavy atom. The van der Waals surface area contributed by atoms with Crippen LogP contribution >= 0.6 is 0 Å². The molecule has 0 bridgehead atoms. The molecule has 0 spiro atoms. The van der Waals surface area contributed by atoms with Gasteiger partial charge in [-0.3, -0.25) is 0 Å². The van der Waals surface area contributed by atoms with Gasteiger partial charge in [0, 0.05) is 12.8 Å². The van der Waals surface area contributed by atoms with Crippen molar-refractivity contribution >= 4 is 5.95 Å². The van der Waals surface area contributed by atoms with Gasteiger partial charge in [-0.15, -0.1) is 0 Å². The van der Waals surface area contributed by atoms with Gasteiger partial charge in [0.25, 0.3) is 0 Å². The Morgan fingerprint density at radius 2 is 1.62 bits per heavy atom. The summed E-state index contributed by atoms with van der Waals surface area (Å²) in [7, 11) is 0. The molecule has 16 heavy (non-hydrogen) atoms. The first-order valence-electron chi connectivity index (χ1n) is 4.97. The average Bonchev–Trinajstić information content (AvgIpc) is 2.13. The highest BCUT2D eigenvalue weighted by atomic mass is 19.4. The first-order chi connectivity index (χ1) is 7.40. The maximum absolute atomic E-state index is 12.0. The zero-order chi connectivity index (χ0) is 12.2. The van der Waals surface area contributed by atoms with Crippen molar-refractivity contribution in [2.24, 2.45) is 0 Å². The lowest BCUT2D eigenvalue weighted by atomic mass is 10.3. The minimum Gasteiger partial charge on any atom is -0.368 e. The van der Waals surface area contributed by atoms with Crippen molar-refractivity contribution in [1.29, 1.82) is 0 Å². The number of aromatic nitrogens is 3. The second kappa shape index (κ2) is 5.09. The third-order valence-electron chi connectivity index (χ3n) is 1.85. The van der Waals surface area contributed by atoms with Gasteiger partial charge in [-0.1, -0.05) is 6.92 Å². The van der Waals surface area contributed by atoms with Crippen LogP contribution < -0.4 is 5.73 Å². The highest BCUT2D eigenvalue weighted by Gasteiger charge is 2.27. The molecule has 1 heterocycles. The average molecular weight is 234 g/mol. The molecule has 0 amide bonds. The van der Waals surface area contributed by atoms with E-state index in [0.717, 1.165) is 6.42 Å². The maximum Gasteiger partial charge on any atom is 0.389 e. The zero-order valence-corrected chi connectivity index (χ0v) is 8.88. The van der Waals surface area contributed by atoms with Gasteiger partial charge in [-0.25, -0.2) is 4.98 Å². The first kappa shape index (κ1) is 12.7. The normalized spacial score (nSPS) is 11.8. The molecule has 1 aromatic heterocycles. The number of anilines is 1. The number of nitrogens with two attached hydrogens (primary N) is 1. The molecule has 0 atom stereocenters. The summed E-state index contributed by atoms with van der Waals surface area (Å²) >= 11 is 0. The van der Waals surface area contributed by atoms with Crippen LogP contribution in [0, 0.1) is 0 Å². The number of hydrogen-bond donors (Lipinski definition) is 1. The van der Waals surface area contributed by atoms with E-state index in [0.29, 0.717) is 12.2 Å². The Labute approximate surface area is 91.1 Å². The number of hydrogen-bond acceptors (Lipinski definition) is 4. The van der Waals surface area contributed by atoms with Crippen molar-refractivity contribution in [3.05, 3.63) is 11.6 Å². The highest BCUT2D eigenvalue weighted by molar-refractivity contribution is 5.16. The Balaban J connectivity index is 2.72. The molecule has 0 aliphatic rings. The summed E-state index contributed by atoms with van der Waals surface area (Å²) in [6, 6.07) is 0. The fourth-order valence-electron chi connectivity index (χ4n) is 1.19. The Morgan fingerprint density at radius 3 is 2.12 bits per heavy atom. The van der Waals surface area contributed by atoms with Crippen molar-refractivity contribution in [2.45, 2.75) is 38.8 Å². The summed E-state index contributed by atoms with van der Waals surface area (Å²) in [6.45, 7) is 1.93. The van der Waals surface area contributed by atoms with Crippen LogP contribution in [0.3, 0.4) is 0 Å². The van der Waals surface area contributed by atoms with Gasteiger partial charge < -0.3 is 5.73 Å². The van der Waals surface area contributed by atoms with E-state index in [4.69, 9.17) is 5.73 Å². The third-order valence-corrected chi connectivity index (χ3v) is 1.85. The molecule has 7 heteroatoms.